The molecule has 0 amide bonds. The van der Waals surface area contributed by atoms with E-state index in [9.17, 15) is 0 Å². The maximum atomic E-state index is 8.90. The molecule has 0 aliphatic rings. The zero-order chi connectivity index (χ0) is 7.98. The van der Waals surface area contributed by atoms with E-state index in [0.717, 1.165) is 19.4 Å². The summed E-state index contributed by atoms with van der Waals surface area (Å²) in [5.74, 6) is 0.289. The molecule has 0 radical (unpaired) electrons. The van der Waals surface area contributed by atoms with Crippen LogP contribution < -0.4 is 5.32 Å². The van der Waals surface area contributed by atoms with E-state index in [-0.39, 0.29) is 9.68 Å². The predicted molar refractivity (Wildman–Crippen MR) is 52.7 cm³/mol. The smallest absolute Gasteiger partial charge is 0.0979 e. The number of rotatable bonds is 5. The van der Waals surface area contributed by atoms with Crippen molar-refractivity contribution in [2.24, 2.45) is 0 Å². The highest BCUT2D eigenvalue weighted by Gasteiger charge is 2.04. The van der Waals surface area contributed by atoms with Crippen LogP contribution in [0.25, 0.3) is 0 Å². The van der Waals surface area contributed by atoms with E-state index in [1.807, 2.05) is 7.05 Å². The van der Waals surface area contributed by atoms with Gasteiger partial charge in [0.2, 0.25) is 0 Å². The van der Waals surface area contributed by atoms with Gasteiger partial charge in [-0.25, -0.2) is 0 Å². The lowest BCUT2D eigenvalue weighted by atomic mass is 10.2. The topological polar surface area (TPSA) is 32.3 Å². The lowest BCUT2D eigenvalue weighted by molar-refractivity contribution is 0.394. The Labute approximate surface area is 75.8 Å². The minimum Gasteiger partial charge on any atom is -0.512 e. The third-order valence-electron chi connectivity index (χ3n) is 1.25. The van der Waals surface area contributed by atoms with Crippen LogP contribution in [0.1, 0.15) is 12.8 Å². The van der Waals surface area contributed by atoms with E-state index < -0.39 is 0 Å². The number of hydrogen-bond donors (Lipinski definition) is 2. The summed E-state index contributed by atoms with van der Waals surface area (Å²) in [6.45, 7) is 4.47. The minimum atomic E-state index is 0.214. The fourth-order valence-corrected chi connectivity index (χ4v) is 1.07. The zero-order valence-electron chi connectivity index (χ0n) is 6.23. The summed E-state index contributed by atoms with van der Waals surface area (Å²) in [6, 6.07) is 0. The summed E-state index contributed by atoms with van der Waals surface area (Å²) in [7, 11) is 1.93. The van der Waals surface area contributed by atoms with Gasteiger partial charge in [0.05, 0.1) is 9.68 Å². The first-order valence-corrected chi connectivity index (χ1v) is 4.59. The van der Waals surface area contributed by atoms with Crippen molar-refractivity contribution in [3.8, 4) is 0 Å². The molecule has 0 fully saturated rings. The highest BCUT2D eigenvalue weighted by atomic mass is 127. The molecule has 0 heterocycles. The van der Waals surface area contributed by atoms with Crippen LogP contribution in [0, 0.1) is 0 Å². The Morgan fingerprint density at radius 1 is 1.80 bits per heavy atom. The lowest BCUT2D eigenvalue weighted by Crippen LogP contribution is -2.10. The van der Waals surface area contributed by atoms with Gasteiger partial charge in [-0.3, -0.25) is 0 Å². The summed E-state index contributed by atoms with van der Waals surface area (Å²) < 4.78 is 0.214. The van der Waals surface area contributed by atoms with Gasteiger partial charge in [0.25, 0.3) is 0 Å². The molecule has 0 aliphatic heterocycles. The number of allylic oxidation sites excluding steroid dienone is 1. The fourth-order valence-electron chi connectivity index (χ4n) is 0.625. The largest absolute Gasteiger partial charge is 0.512 e. The van der Waals surface area contributed by atoms with Crippen molar-refractivity contribution in [2.45, 2.75) is 16.8 Å². The summed E-state index contributed by atoms with van der Waals surface area (Å²) in [5, 5.41) is 11.9. The number of nitrogens with one attached hydrogen (secondary N) is 1. The second-order valence-electron chi connectivity index (χ2n) is 2.20. The van der Waals surface area contributed by atoms with Crippen LogP contribution in [0.15, 0.2) is 12.3 Å². The van der Waals surface area contributed by atoms with Crippen LogP contribution in [0.3, 0.4) is 0 Å². The van der Waals surface area contributed by atoms with Gasteiger partial charge in [-0.2, -0.15) is 0 Å². The average molecular weight is 255 g/mol. The number of halogens is 1. The standard InChI is InChI=1S/C7H14INO/c1-6(10)7(8)4-3-5-9-2/h7,9-10H,1,3-5H2,2H3. The normalized spacial score (nSPS) is 13.0. The molecule has 0 saturated heterocycles. The first-order chi connectivity index (χ1) is 4.68. The van der Waals surface area contributed by atoms with Gasteiger partial charge in [0.15, 0.2) is 0 Å². The van der Waals surface area contributed by atoms with Crippen molar-refractivity contribution in [3.63, 3.8) is 0 Å². The van der Waals surface area contributed by atoms with Gasteiger partial charge in [-0.15, -0.1) is 0 Å². The Balaban J connectivity index is 3.21. The Morgan fingerprint density at radius 3 is 2.80 bits per heavy atom. The maximum absolute atomic E-state index is 8.90. The Hall–Kier alpha value is 0.230. The Morgan fingerprint density at radius 2 is 2.40 bits per heavy atom. The van der Waals surface area contributed by atoms with Crippen molar-refractivity contribution in [2.75, 3.05) is 13.6 Å². The molecule has 2 nitrogen and oxygen atoms in total. The number of alkyl halides is 1. The molecule has 1 unspecified atom stereocenters. The van der Waals surface area contributed by atoms with Crippen molar-refractivity contribution in [1.29, 1.82) is 0 Å². The SMILES string of the molecule is C=C(O)C(I)CCCNC. The Bertz CT molecular complexity index is 106. The van der Waals surface area contributed by atoms with Crippen LogP contribution in [0.5, 0.6) is 0 Å². The highest BCUT2D eigenvalue weighted by molar-refractivity contribution is 14.1. The molecule has 3 heteroatoms. The third kappa shape index (κ3) is 5.05. The Kier molecular flexibility index (Phi) is 6.11. The number of aliphatic hydroxyl groups excluding tert-OH is 1. The highest BCUT2D eigenvalue weighted by Crippen LogP contribution is 2.13. The molecule has 0 aromatic carbocycles. The van der Waals surface area contributed by atoms with E-state index in [1.54, 1.807) is 0 Å². The molecule has 1 atom stereocenters. The summed E-state index contributed by atoms with van der Waals surface area (Å²) in [4.78, 5) is 0. The first-order valence-electron chi connectivity index (χ1n) is 3.35. The molecule has 60 valence electrons. The molecule has 0 rings (SSSR count). The number of hydrogen-bond acceptors (Lipinski definition) is 2. The lowest BCUT2D eigenvalue weighted by Gasteiger charge is -2.06. The van der Waals surface area contributed by atoms with Crippen LogP contribution in [-0.2, 0) is 0 Å². The summed E-state index contributed by atoms with van der Waals surface area (Å²) in [5.41, 5.74) is 0. The maximum Gasteiger partial charge on any atom is 0.0979 e. The third-order valence-corrected chi connectivity index (χ3v) is 2.59. The summed E-state index contributed by atoms with van der Waals surface area (Å²) >= 11 is 2.19. The van der Waals surface area contributed by atoms with Gasteiger partial charge >= 0.3 is 0 Å². The van der Waals surface area contributed by atoms with Crippen molar-refractivity contribution < 1.29 is 5.11 Å². The van der Waals surface area contributed by atoms with E-state index >= 15 is 0 Å². The van der Waals surface area contributed by atoms with Crippen molar-refractivity contribution in [3.05, 3.63) is 12.3 Å². The molecule has 0 aromatic rings. The van der Waals surface area contributed by atoms with E-state index in [4.69, 9.17) is 5.11 Å². The monoisotopic (exact) mass is 255 g/mol. The van der Waals surface area contributed by atoms with E-state index in [2.05, 4.69) is 34.5 Å². The minimum absolute atomic E-state index is 0.214. The van der Waals surface area contributed by atoms with Crippen LogP contribution in [0.4, 0.5) is 0 Å². The summed E-state index contributed by atoms with van der Waals surface area (Å²) in [6.07, 6.45) is 2.08. The van der Waals surface area contributed by atoms with Crippen LogP contribution in [0.2, 0.25) is 0 Å². The van der Waals surface area contributed by atoms with Crippen LogP contribution >= 0.6 is 22.6 Å². The molecule has 0 spiro atoms. The van der Waals surface area contributed by atoms with Crippen molar-refractivity contribution >= 4 is 22.6 Å². The first kappa shape index (κ1) is 10.2. The second-order valence-corrected chi connectivity index (χ2v) is 3.71. The number of aliphatic hydroxyl groups is 1. The van der Waals surface area contributed by atoms with Crippen LogP contribution in [-0.4, -0.2) is 22.6 Å². The van der Waals surface area contributed by atoms with Gasteiger partial charge in [-0.05, 0) is 26.4 Å². The molecular formula is C7H14INO. The molecule has 10 heavy (non-hydrogen) atoms. The van der Waals surface area contributed by atoms with Crippen molar-refractivity contribution in [1.82, 2.24) is 5.32 Å². The fraction of sp³-hybridized carbons (Fsp3) is 0.714. The molecule has 0 aromatic heterocycles. The molecule has 0 aliphatic carbocycles. The van der Waals surface area contributed by atoms with Gasteiger partial charge in [0, 0.05) is 0 Å². The molecular weight excluding hydrogens is 241 g/mol. The molecule has 2 N–H and O–H groups in total. The predicted octanol–water partition coefficient (Wildman–Crippen LogP) is 1.86. The van der Waals surface area contributed by atoms with Gasteiger partial charge in [0.1, 0.15) is 0 Å². The molecule has 0 saturated carbocycles. The average Bonchev–Trinajstić information content (AvgIpc) is 1.88. The quantitative estimate of drug-likeness (QED) is 0.340. The van der Waals surface area contributed by atoms with Gasteiger partial charge in [-0.1, -0.05) is 29.2 Å². The zero-order valence-corrected chi connectivity index (χ0v) is 8.39. The van der Waals surface area contributed by atoms with E-state index in [1.165, 1.54) is 0 Å². The van der Waals surface area contributed by atoms with E-state index in [0.29, 0.717) is 0 Å². The van der Waals surface area contributed by atoms with Gasteiger partial charge < -0.3 is 10.4 Å². The second kappa shape index (κ2) is 5.97. The molecule has 0 bridgehead atoms.